The first-order valence-electron chi connectivity index (χ1n) is 17.0. The van der Waals surface area contributed by atoms with Crippen LogP contribution in [0.1, 0.15) is 71.8 Å². The van der Waals surface area contributed by atoms with Crippen LogP contribution in [0, 0.1) is 18.3 Å². The van der Waals surface area contributed by atoms with Crippen molar-refractivity contribution < 1.29 is 33.3 Å². The van der Waals surface area contributed by atoms with Crippen molar-refractivity contribution in [2.45, 2.75) is 103 Å². The summed E-state index contributed by atoms with van der Waals surface area (Å²) in [4.78, 5) is 47.6. The van der Waals surface area contributed by atoms with Crippen molar-refractivity contribution in [1.29, 1.82) is 0 Å². The Morgan fingerprint density at radius 3 is 2.48 bits per heavy atom. The number of alkyl carbamates (subject to hydrolysis) is 1. The molecule has 1 aromatic carbocycles. The number of carbonyl (C=O) groups is 3. The number of rotatable bonds is 15. The molecule has 0 spiro atoms. The van der Waals surface area contributed by atoms with E-state index in [1.165, 1.54) is 12.0 Å². The number of aliphatic imine (C=N–C) groups is 1. The number of carbonyl (C=O) groups excluding carboxylic acids is 3. The summed E-state index contributed by atoms with van der Waals surface area (Å²) in [7, 11) is 1.61. The molecule has 0 aromatic heterocycles. The Hall–Kier alpha value is -3.86. The van der Waals surface area contributed by atoms with Crippen molar-refractivity contribution in [3.8, 4) is 5.75 Å². The van der Waals surface area contributed by atoms with E-state index in [0.717, 1.165) is 24.8 Å². The number of ether oxygens (including phenoxy) is 4. The molecular weight excluding hydrogens is 627 g/mol. The van der Waals surface area contributed by atoms with E-state index in [4.69, 9.17) is 23.9 Å². The van der Waals surface area contributed by atoms with Crippen molar-refractivity contribution in [3.63, 3.8) is 0 Å². The molecule has 2 amide bonds. The lowest BCUT2D eigenvalue weighted by Crippen LogP contribution is -2.70. The van der Waals surface area contributed by atoms with Gasteiger partial charge in [-0.1, -0.05) is 65.1 Å². The Labute approximate surface area is 288 Å². The number of amides is 2. The van der Waals surface area contributed by atoms with E-state index in [0.29, 0.717) is 35.7 Å². The Bertz CT molecular complexity index is 1400. The molecule has 1 aliphatic heterocycles. The first-order valence-corrected chi connectivity index (χ1v) is 19.1. The van der Waals surface area contributed by atoms with Crippen LogP contribution in [-0.4, -0.2) is 82.5 Å². The number of nitrogens with one attached hydrogen (secondary N) is 1. The molecule has 10 nitrogen and oxygen atoms in total. The van der Waals surface area contributed by atoms with Crippen LogP contribution in [-0.2, 0) is 23.8 Å². The Balaban J connectivity index is 1.91. The molecule has 0 bridgehead atoms. The Morgan fingerprint density at radius 2 is 1.88 bits per heavy atom. The number of nitrogens with zero attached hydrogens (tertiary/aromatic N) is 2. The van der Waals surface area contributed by atoms with Crippen LogP contribution >= 0.6 is 0 Å². The van der Waals surface area contributed by atoms with Crippen molar-refractivity contribution in [1.82, 2.24) is 10.2 Å². The van der Waals surface area contributed by atoms with Gasteiger partial charge in [0.1, 0.15) is 29.2 Å². The average Bonchev–Trinajstić information content (AvgIpc) is 3.64. The van der Waals surface area contributed by atoms with Gasteiger partial charge in [-0.25, -0.2) is 14.6 Å². The summed E-state index contributed by atoms with van der Waals surface area (Å²) >= 11 is 0. The lowest BCUT2D eigenvalue weighted by atomic mass is 9.84. The highest BCUT2D eigenvalue weighted by atomic mass is 28.2. The minimum absolute atomic E-state index is 0.0981. The fourth-order valence-corrected chi connectivity index (χ4v) is 8.00. The molecule has 2 fully saturated rings. The molecule has 1 heterocycles. The van der Waals surface area contributed by atoms with E-state index < -0.39 is 44.3 Å². The molecule has 1 N–H and O–H groups in total. The third-order valence-corrected chi connectivity index (χ3v) is 11.9. The van der Waals surface area contributed by atoms with Gasteiger partial charge in [-0.3, -0.25) is 4.79 Å². The van der Waals surface area contributed by atoms with Crippen LogP contribution < -0.4 is 10.1 Å². The van der Waals surface area contributed by atoms with E-state index in [1.54, 1.807) is 13.2 Å². The van der Waals surface area contributed by atoms with E-state index >= 15 is 0 Å². The second-order valence-corrected chi connectivity index (χ2v) is 15.4. The van der Waals surface area contributed by atoms with Crippen molar-refractivity contribution in [3.05, 3.63) is 60.7 Å². The minimum Gasteiger partial charge on any atom is -0.497 e. The molecule has 1 saturated heterocycles. The van der Waals surface area contributed by atoms with Gasteiger partial charge in [0.25, 0.3) is 0 Å². The summed E-state index contributed by atoms with van der Waals surface area (Å²) in [5.74, 6) is 0.366. The lowest BCUT2D eigenvalue weighted by molar-refractivity contribution is -0.153. The highest BCUT2D eigenvalue weighted by Gasteiger charge is 2.55. The molecule has 1 aromatic rings. The molecule has 11 heteroatoms. The Morgan fingerprint density at radius 1 is 1.15 bits per heavy atom. The fourth-order valence-electron chi connectivity index (χ4n) is 6.11. The quantitative estimate of drug-likeness (QED) is 0.0777. The number of hydrogen-bond acceptors (Lipinski definition) is 8. The number of aryl methyl sites for hydroxylation is 1. The van der Waals surface area contributed by atoms with Crippen LogP contribution in [0.4, 0.5) is 10.5 Å². The normalized spacial score (nSPS) is 22.3. The summed E-state index contributed by atoms with van der Waals surface area (Å²) in [6.07, 6.45) is 8.71. The third-order valence-electron chi connectivity index (χ3n) is 9.31. The Kier molecular flexibility index (Phi) is 13.7. The largest absolute Gasteiger partial charge is 0.497 e. The van der Waals surface area contributed by atoms with Crippen LogP contribution in [0.3, 0.4) is 0 Å². The van der Waals surface area contributed by atoms with E-state index in [1.807, 2.05) is 52.4 Å². The van der Waals surface area contributed by atoms with E-state index in [2.05, 4.69) is 37.6 Å². The smallest absolute Gasteiger partial charge is 0.408 e. The monoisotopic (exact) mass is 681 g/mol. The van der Waals surface area contributed by atoms with E-state index in [9.17, 15) is 14.4 Å². The highest BCUT2D eigenvalue weighted by molar-refractivity contribution is 6.47. The summed E-state index contributed by atoms with van der Waals surface area (Å²) < 4.78 is 22.9. The van der Waals surface area contributed by atoms with Gasteiger partial charge in [0, 0.05) is 24.0 Å². The van der Waals surface area contributed by atoms with Gasteiger partial charge >= 0.3 is 12.1 Å². The van der Waals surface area contributed by atoms with Gasteiger partial charge < -0.3 is 29.2 Å². The zero-order valence-electron chi connectivity index (χ0n) is 30.1. The number of allylic oxidation sites excluding steroid dienone is 3. The number of likely N-dealkylation sites (tertiary alicyclic amines) is 1. The molecule has 5 atom stereocenters. The molecule has 3 rings (SSSR count). The fraction of sp³-hybridized carbons (Fsp3) is 0.568. The number of benzene rings is 1. The zero-order valence-corrected chi connectivity index (χ0v) is 31.5. The molecule has 48 heavy (non-hydrogen) atoms. The molecular formula is C37H55N3O7Si. The predicted octanol–water partition coefficient (Wildman–Crippen LogP) is 6.15. The van der Waals surface area contributed by atoms with Crippen molar-refractivity contribution >= 4 is 39.1 Å². The van der Waals surface area contributed by atoms with Gasteiger partial charge in [-0.2, -0.15) is 0 Å². The summed E-state index contributed by atoms with van der Waals surface area (Å²) in [5, 5.41) is 1.78. The topological polar surface area (TPSA) is 116 Å². The molecule has 1 aliphatic carbocycles. The van der Waals surface area contributed by atoms with Crippen LogP contribution in [0.15, 0.2) is 60.2 Å². The molecule has 2 aliphatic rings. The summed E-state index contributed by atoms with van der Waals surface area (Å²) in [6, 6.07) is 4.68. The van der Waals surface area contributed by atoms with Crippen LogP contribution in [0.25, 0.3) is 0 Å². The maximum absolute atomic E-state index is 14.7. The first kappa shape index (κ1) is 38.6. The maximum atomic E-state index is 14.7. The number of esters is 1. The predicted molar refractivity (Wildman–Crippen MR) is 193 cm³/mol. The lowest BCUT2D eigenvalue weighted by Gasteiger charge is -2.45. The van der Waals surface area contributed by atoms with Crippen LogP contribution in [0.2, 0.25) is 6.55 Å². The third kappa shape index (κ3) is 9.39. The second-order valence-electron chi connectivity index (χ2n) is 13.7. The molecule has 1 saturated carbocycles. The number of methoxy groups -OCH3 is 2. The molecule has 0 radical (unpaired) electrons. The standard InChI is InChI=1S/C37H55N3O7Si/c1-11-13-15-17-26-20-31(26)47-35(43)39-37(48-10,36(5,6)7)34(42)40-23-28(22-30(40)33(41)45-9)46-32(25(4)16-14-12-2)38-29-21-27(44-8)19-18-24(29)3/h12-13,15,18-19,21,26,28,30-31H,2,4,11,14,16-17,20,22-23,48H2,1,3,5-10H3,(H,39,43). The summed E-state index contributed by atoms with van der Waals surface area (Å²) in [5.41, 5.74) is 1.56. The van der Waals surface area contributed by atoms with Crippen molar-refractivity contribution in [2.24, 2.45) is 16.3 Å². The van der Waals surface area contributed by atoms with Gasteiger partial charge in [-0.15, -0.1) is 6.58 Å². The van der Waals surface area contributed by atoms with Crippen LogP contribution in [0.5, 0.6) is 5.75 Å². The maximum Gasteiger partial charge on any atom is 0.408 e. The second kappa shape index (κ2) is 17.0. The summed E-state index contributed by atoms with van der Waals surface area (Å²) in [6.45, 7) is 20.0. The van der Waals surface area contributed by atoms with E-state index in [-0.39, 0.29) is 30.9 Å². The SMILES string of the molecule is C=CCCC(=C)C(=Nc1cc(OC)ccc1C)OC1CC(C(=O)OC)N(C(=O)C(NC(=O)OC2CC2CC=CCC)([SiH2]C)C(C)(C)C)C1. The van der Waals surface area contributed by atoms with Gasteiger partial charge in [0.15, 0.2) is 0 Å². The molecule has 5 unspecified atom stereocenters. The number of hydrogen-bond donors (Lipinski definition) is 1. The first-order chi connectivity index (χ1) is 22.7. The van der Waals surface area contributed by atoms with Gasteiger partial charge in [-0.05, 0) is 56.1 Å². The zero-order chi connectivity index (χ0) is 35.6. The van der Waals surface area contributed by atoms with Gasteiger partial charge in [0.2, 0.25) is 11.8 Å². The van der Waals surface area contributed by atoms with Gasteiger partial charge in [0.05, 0.1) is 36.0 Å². The highest BCUT2D eigenvalue weighted by Crippen LogP contribution is 2.39. The van der Waals surface area contributed by atoms with Crippen molar-refractivity contribution in [2.75, 3.05) is 20.8 Å². The average molecular weight is 682 g/mol. The molecule has 264 valence electrons. The minimum atomic E-state index is -1.28.